The van der Waals surface area contributed by atoms with Gasteiger partial charge in [-0.3, -0.25) is 4.99 Å². The molecular formula is C21H28IN7O. The SMILES string of the molecule is CCc1nc2n(n1)CC(NC(=NC)NCc1coc(-c3ccc(C)cc3)n1)CC2.I. The van der Waals surface area contributed by atoms with Gasteiger partial charge in [-0.15, -0.1) is 24.0 Å². The molecule has 0 saturated carbocycles. The quantitative estimate of drug-likeness (QED) is 0.305. The van der Waals surface area contributed by atoms with E-state index in [1.54, 1.807) is 13.3 Å². The number of hydrogen-bond acceptors (Lipinski definition) is 5. The first-order valence-electron chi connectivity index (χ1n) is 10.1. The van der Waals surface area contributed by atoms with E-state index < -0.39 is 0 Å². The predicted molar refractivity (Wildman–Crippen MR) is 127 cm³/mol. The lowest BCUT2D eigenvalue weighted by atomic mass is 10.1. The van der Waals surface area contributed by atoms with Crippen LogP contribution in [0.3, 0.4) is 0 Å². The van der Waals surface area contributed by atoms with Crippen molar-refractivity contribution in [3.05, 3.63) is 53.4 Å². The molecule has 0 aliphatic carbocycles. The molecule has 8 nitrogen and oxygen atoms in total. The van der Waals surface area contributed by atoms with E-state index in [0.717, 1.165) is 54.7 Å². The lowest BCUT2D eigenvalue weighted by Gasteiger charge is -2.25. The fourth-order valence-electron chi connectivity index (χ4n) is 3.41. The molecule has 3 heterocycles. The fraction of sp³-hybridized carbons (Fsp3) is 0.429. The number of benzene rings is 1. The summed E-state index contributed by atoms with van der Waals surface area (Å²) in [6, 6.07) is 8.41. The highest BCUT2D eigenvalue weighted by Crippen LogP contribution is 2.19. The number of guanidine groups is 1. The van der Waals surface area contributed by atoms with Gasteiger partial charge in [0.15, 0.2) is 11.8 Å². The Morgan fingerprint density at radius 3 is 2.80 bits per heavy atom. The van der Waals surface area contributed by atoms with Gasteiger partial charge in [-0.25, -0.2) is 14.6 Å². The van der Waals surface area contributed by atoms with Crippen molar-refractivity contribution in [2.75, 3.05) is 7.05 Å². The highest BCUT2D eigenvalue weighted by Gasteiger charge is 2.22. The zero-order valence-corrected chi connectivity index (χ0v) is 19.9. The maximum absolute atomic E-state index is 5.63. The molecule has 0 saturated heterocycles. The van der Waals surface area contributed by atoms with Crippen LogP contribution in [0.5, 0.6) is 0 Å². The first-order valence-corrected chi connectivity index (χ1v) is 10.1. The number of aliphatic imine (C=N–C) groups is 1. The lowest BCUT2D eigenvalue weighted by Crippen LogP contribution is -2.46. The van der Waals surface area contributed by atoms with E-state index in [-0.39, 0.29) is 30.0 Å². The molecule has 1 aromatic carbocycles. The first kappa shape index (κ1) is 22.3. The van der Waals surface area contributed by atoms with Gasteiger partial charge in [-0.05, 0) is 25.5 Å². The molecule has 0 fully saturated rings. The van der Waals surface area contributed by atoms with Crippen LogP contribution in [0.25, 0.3) is 11.5 Å². The smallest absolute Gasteiger partial charge is 0.226 e. The van der Waals surface area contributed by atoms with Crippen molar-refractivity contribution in [1.29, 1.82) is 0 Å². The minimum absolute atomic E-state index is 0. The van der Waals surface area contributed by atoms with Crippen LogP contribution in [-0.2, 0) is 25.9 Å². The fourth-order valence-corrected chi connectivity index (χ4v) is 3.41. The topological polar surface area (TPSA) is 93.2 Å². The highest BCUT2D eigenvalue weighted by atomic mass is 127. The van der Waals surface area contributed by atoms with Crippen LogP contribution in [0.1, 0.15) is 36.3 Å². The summed E-state index contributed by atoms with van der Waals surface area (Å²) >= 11 is 0. The van der Waals surface area contributed by atoms with E-state index in [4.69, 9.17) is 4.42 Å². The van der Waals surface area contributed by atoms with Gasteiger partial charge in [0.2, 0.25) is 5.89 Å². The molecule has 9 heteroatoms. The van der Waals surface area contributed by atoms with E-state index in [1.807, 2.05) is 16.8 Å². The molecular weight excluding hydrogens is 493 g/mol. The van der Waals surface area contributed by atoms with Gasteiger partial charge in [0.05, 0.1) is 18.8 Å². The van der Waals surface area contributed by atoms with Gasteiger partial charge in [0, 0.05) is 31.5 Å². The van der Waals surface area contributed by atoms with E-state index in [0.29, 0.717) is 12.4 Å². The molecule has 1 aliphatic rings. The third-order valence-electron chi connectivity index (χ3n) is 5.07. The summed E-state index contributed by atoms with van der Waals surface area (Å²) in [6.07, 6.45) is 4.47. The minimum Gasteiger partial charge on any atom is -0.444 e. The van der Waals surface area contributed by atoms with Gasteiger partial charge >= 0.3 is 0 Å². The van der Waals surface area contributed by atoms with E-state index in [9.17, 15) is 0 Å². The second-order valence-electron chi connectivity index (χ2n) is 7.30. The van der Waals surface area contributed by atoms with Crippen LogP contribution in [0, 0.1) is 6.92 Å². The van der Waals surface area contributed by atoms with Crippen molar-refractivity contribution in [1.82, 2.24) is 30.4 Å². The van der Waals surface area contributed by atoms with E-state index in [2.05, 4.69) is 56.7 Å². The van der Waals surface area contributed by atoms with Crippen LogP contribution < -0.4 is 10.6 Å². The number of hydrogen-bond donors (Lipinski definition) is 2. The Bertz CT molecular complexity index is 993. The van der Waals surface area contributed by atoms with E-state index >= 15 is 0 Å². The minimum atomic E-state index is 0. The van der Waals surface area contributed by atoms with Crippen molar-refractivity contribution in [2.45, 2.75) is 52.2 Å². The standard InChI is InChI=1S/C21H27N7O.HI/c1-4-18-26-19-10-9-16(12-28(19)27-18)25-21(22-3)23-11-17-13-29-20(24-17)15-7-5-14(2)6-8-15;/h5-8,13,16H,4,9-12H2,1-3H3,(H2,22,23,25);1H. The number of halogens is 1. The third kappa shape index (κ3) is 5.18. The number of nitrogens with one attached hydrogen (secondary N) is 2. The molecule has 2 N–H and O–H groups in total. The molecule has 30 heavy (non-hydrogen) atoms. The summed E-state index contributed by atoms with van der Waals surface area (Å²) in [6.45, 7) is 5.48. The Morgan fingerprint density at radius 2 is 2.07 bits per heavy atom. The molecule has 1 unspecified atom stereocenters. The summed E-state index contributed by atoms with van der Waals surface area (Å²) in [4.78, 5) is 13.5. The van der Waals surface area contributed by atoms with E-state index in [1.165, 1.54) is 5.56 Å². The number of aryl methyl sites for hydroxylation is 3. The number of fused-ring (bicyclic) bond motifs is 1. The molecule has 0 spiro atoms. The normalized spacial score (nSPS) is 16.0. The Morgan fingerprint density at radius 1 is 1.27 bits per heavy atom. The van der Waals surface area contributed by atoms with Crippen LogP contribution in [0.15, 0.2) is 39.9 Å². The van der Waals surface area contributed by atoms with Gasteiger partial charge < -0.3 is 15.1 Å². The Labute approximate surface area is 193 Å². The number of oxazole rings is 1. The molecule has 1 aliphatic heterocycles. The summed E-state index contributed by atoms with van der Waals surface area (Å²) in [7, 11) is 1.77. The maximum atomic E-state index is 5.63. The lowest BCUT2D eigenvalue weighted by molar-refractivity contribution is 0.392. The second-order valence-corrected chi connectivity index (χ2v) is 7.30. The maximum Gasteiger partial charge on any atom is 0.226 e. The van der Waals surface area contributed by atoms with Crippen molar-refractivity contribution in [3.63, 3.8) is 0 Å². The Kier molecular flexibility index (Phi) is 7.46. The number of aromatic nitrogens is 4. The molecule has 4 rings (SSSR count). The molecule has 1 atom stereocenters. The molecule has 160 valence electrons. The second kappa shape index (κ2) is 10.1. The van der Waals surface area contributed by atoms with Gasteiger partial charge in [0.25, 0.3) is 0 Å². The first-order chi connectivity index (χ1) is 14.1. The van der Waals surface area contributed by atoms with Crippen LogP contribution >= 0.6 is 24.0 Å². The average Bonchev–Trinajstić information content (AvgIpc) is 3.38. The van der Waals surface area contributed by atoms with Crippen molar-refractivity contribution in [3.8, 4) is 11.5 Å². The zero-order valence-electron chi connectivity index (χ0n) is 17.6. The third-order valence-corrected chi connectivity index (χ3v) is 5.07. The zero-order chi connectivity index (χ0) is 20.2. The monoisotopic (exact) mass is 521 g/mol. The van der Waals surface area contributed by atoms with Crippen molar-refractivity contribution in [2.24, 2.45) is 4.99 Å². The molecule has 0 radical (unpaired) electrons. The Hall–Kier alpha value is -2.43. The average molecular weight is 521 g/mol. The van der Waals surface area contributed by atoms with Crippen LogP contribution in [-0.4, -0.2) is 38.8 Å². The van der Waals surface area contributed by atoms with Gasteiger partial charge in [-0.2, -0.15) is 5.10 Å². The summed E-state index contributed by atoms with van der Waals surface area (Å²) in [5.74, 6) is 3.37. The van der Waals surface area contributed by atoms with Gasteiger partial charge in [0.1, 0.15) is 12.1 Å². The number of nitrogens with zero attached hydrogens (tertiary/aromatic N) is 5. The predicted octanol–water partition coefficient (Wildman–Crippen LogP) is 3.10. The van der Waals surface area contributed by atoms with Crippen LogP contribution in [0.4, 0.5) is 0 Å². The van der Waals surface area contributed by atoms with Crippen LogP contribution in [0.2, 0.25) is 0 Å². The summed E-state index contributed by atoms with van der Waals surface area (Å²) in [5, 5.41) is 11.4. The largest absolute Gasteiger partial charge is 0.444 e. The highest BCUT2D eigenvalue weighted by molar-refractivity contribution is 14.0. The molecule has 0 bridgehead atoms. The summed E-state index contributed by atoms with van der Waals surface area (Å²) in [5.41, 5.74) is 3.02. The van der Waals surface area contributed by atoms with Gasteiger partial charge in [-0.1, -0.05) is 24.6 Å². The van der Waals surface area contributed by atoms with Crippen molar-refractivity contribution < 1.29 is 4.42 Å². The molecule has 3 aromatic rings. The van der Waals surface area contributed by atoms with Crippen molar-refractivity contribution >= 4 is 29.9 Å². The summed E-state index contributed by atoms with van der Waals surface area (Å²) < 4.78 is 7.64. The molecule has 2 aromatic heterocycles. The Balaban J connectivity index is 0.00000256. The molecule has 0 amide bonds. The number of rotatable bonds is 5.